The average Bonchev–Trinajstić information content (AvgIpc) is 2.14. The largest absolute Gasteiger partial charge is 0.0885 e. The maximum Gasteiger partial charge on any atom is -0.0351 e. The van der Waals surface area contributed by atoms with Gasteiger partial charge in [0.05, 0.1) is 0 Å². The molecule has 0 N–H and O–H groups in total. The van der Waals surface area contributed by atoms with Crippen LogP contribution in [0.2, 0.25) is 0 Å². The lowest BCUT2D eigenvalue weighted by Crippen LogP contribution is -1.99. The highest BCUT2D eigenvalue weighted by atomic mass is 14.1. The Hall–Kier alpha value is -0.260. The Morgan fingerprint density at radius 1 is 1.00 bits per heavy atom. The summed E-state index contributed by atoms with van der Waals surface area (Å²) in [5.41, 5.74) is 0. The third kappa shape index (κ3) is 3.94. The molecule has 0 aromatic carbocycles. The second-order valence-electron chi connectivity index (χ2n) is 3.96. The van der Waals surface area contributed by atoms with Crippen LogP contribution in [-0.2, 0) is 0 Å². The van der Waals surface area contributed by atoms with Crippen molar-refractivity contribution in [2.45, 2.75) is 58.3 Å². The molecule has 1 atom stereocenters. The number of rotatable bonds is 1. The summed E-state index contributed by atoms with van der Waals surface area (Å²) in [6, 6.07) is 0. The van der Waals surface area contributed by atoms with Crippen LogP contribution in [0.3, 0.4) is 0 Å². The van der Waals surface area contributed by atoms with Gasteiger partial charge in [-0.15, -0.1) is 0 Å². The van der Waals surface area contributed by atoms with Crippen LogP contribution in [0.15, 0.2) is 12.2 Å². The van der Waals surface area contributed by atoms with Gasteiger partial charge in [0, 0.05) is 0 Å². The second-order valence-corrected chi connectivity index (χ2v) is 3.96. The van der Waals surface area contributed by atoms with Crippen LogP contribution >= 0.6 is 0 Å². The molecule has 0 aromatic heterocycles. The Morgan fingerprint density at radius 3 is 2.42 bits per heavy atom. The van der Waals surface area contributed by atoms with Crippen LogP contribution in [0.5, 0.6) is 0 Å². The third-order valence-corrected chi connectivity index (χ3v) is 2.96. The first-order chi connectivity index (χ1) is 5.93. The van der Waals surface area contributed by atoms with E-state index < -0.39 is 0 Å². The SMILES string of the molecule is CCC1CCCC=CCCCC1. The van der Waals surface area contributed by atoms with Crippen LogP contribution in [-0.4, -0.2) is 0 Å². The Kier molecular flexibility index (Phi) is 5.14. The molecule has 0 saturated heterocycles. The zero-order chi connectivity index (χ0) is 8.65. The minimum atomic E-state index is 1.02. The highest BCUT2D eigenvalue weighted by molar-refractivity contribution is 4.82. The van der Waals surface area contributed by atoms with Gasteiger partial charge in [0.2, 0.25) is 0 Å². The van der Waals surface area contributed by atoms with E-state index in [1.54, 1.807) is 0 Å². The summed E-state index contributed by atoms with van der Waals surface area (Å²) in [6.07, 6.45) is 16.0. The second kappa shape index (κ2) is 6.28. The smallest absolute Gasteiger partial charge is 0.0351 e. The van der Waals surface area contributed by atoms with Crippen molar-refractivity contribution >= 4 is 0 Å². The molecule has 1 rings (SSSR count). The first-order valence-corrected chi connectivity index (χ1v) is 5.58. The summed E-state index contributed by atoms with van der Waals surface area (Å²) in [6.45, 7) is 2.34. The summed E-state index contributed by atoms with van der Waals surface area (Å²) in [7, 11) is 0. The van der Waals surface area contributed by atoms with E-state index in [1.165, 1.54) is 51.4 Å². The molecule has 0 fully saturated rings. The van der Waals surface area contributed by atoms with Crippen LogP contribution in [0.4, 0.5) is 0 Å². The molecule has 1 unspecified atom stereocenters. The Bertz CT molecular complexity index is 124. The molecule has 0 bridgehead atoms. The molecule has 0 saturated carbocycles. The van der Waals surface area contributed by atoms with Gasteiger partial charge in [-0.3, -0.25) is 0 Å². The lowest BCUT2D eigenvalue weighted by atomic mass is 9.92. The predicted octanol–water partition coefficient (Wildman–Crippen LogP) is 4.31. The molecular formula is C12H22. The Labute approximate surface area is 77.1 Å². The molecular weight excluding hydrogens is 144 g/mol. The standard InChI is InChI=1S/C12H22/c1-2-12-10-8-6-4-3-5-7-9-11-12/h3-4,12H,2,5-11H2,1H3. The summed E-state index contributed by atoms with van der Waals surface area (Å²) in [5, 5.41) is 0. The molecule has 0 spiro atoms. The van der Waals surface area contributed by atoms with Crippen molar-refractivity contribution in [1.82, 2.24) is 0 Å². The van der Waals surface area contributed by atoms with Crippen molar-refractivity contribution in [1.29, 1.82) is 0 Å². The van der Waals surface area contributed by atoms with Crippen molar-refractivity contribution < 1.29 is 0 Å². The monoisotopic (exact) mass is 166 g/mol. The topological polar surface area (TPSA) is 0 Å². The van der Waals surface area contributed by atoms with Gasteiger partial charge in [-0.25, -0.2) is 0 Å². The number of hydrogen-bond acceptors (Lipinski definition) is 0. The average molecular weight is 166 g/mol. The maximum atomic E-state index is 2.37. The van der Waals surface area contributed by atoms with Crippen molar-refractivity contribution in [3.63, 3.8) is 0 Å². The minimum absolute atomic E-state index is 1.02. The normalized spacial score (nSPS) is 26.9. The molecule has 12 heavy (non-hydrogen) atoms. The van der Waals surface area contributed by atoms with Crippen molar-refractivity contribution in [3.8, 4) is 0 Å². The fourth-order valence-electron chi connectivity index (χ4n) is 2.01. The van der Waals surface area contributed by atoms with E-state index in [0.717, 1.165) is 5.92 Å². The van der Waals surface area contributed by atoms with Gasteiger partial charge in [0.25, 0.3) is 0 Å². The zero-order valence-electron chi connectivity index (χ0n) is 8.39. The molecule has 70 valence electrons. The van der Waals surface area contributed by atoms with E-state index in [4.69, 9.17) is 0 Å². The van der Waals surface area contributed by atoms with Gasteiger partial charge >= 0.3 is 0 Å². The number of allylic oxidation sites excluding steroid dienone is 2. The van der Waals surface area contributed by atoms with Crippen LogP contribution < -0.4 is 0 Å². The van der Waals surface area contributed by atoms with Crippen molar-refractivity contribution in [2.24, 2.45) is 5.92 Å². The lowest BCUT2D eigenvalue weighted by Gasteiger charge is -2.14. The van der Waals surface area contributed by atoms with Crippen LogP contribution in [0.25, 0.3) is 0 Å². The fourth-order valence-corrected chi connectivity index (χ4v) is 2.01. The summed E-state index contributed by atoms with van der Waals surface area (Å²) in [5.74, 6) is 1.02. The molecule has 0 amide bonds. The van der Waals surface area contributed by atoms with E-state index in [1.807, 2.05) is 0 Å². The van der Waals surface area contributed by atoms with Gasteiger partial charge in [-0.2, -0.15) is 0 Å². The molecule has 1 aliphatic carbocycles. The molecule has 1 aliphatic rings. The van der Waals surface area contributed by atoms with Crippen molar-refractivity contribution in [3.05, 3.63) is 12.2 Å². The summed E-state index contributed by atoms with van der Waals surface area (Å²) in [4.78, 5) is 0. The van der Waals surface area contributed by atoms with Crippen LogP contribution in [0.1, 0.15) is 58.3 Å². The highest BCUT2D eigenvalue weighted by Gasteiger charge is 2.05. The molecule has 0 heterocycles. The minimum Gasteiger partial charge on any atom is -0.0885 e. The Balaban J connectivity index is 2.26. The van der Waals surface area contributed by atoms with Gasteiger partial charge in [-0.1, -0.05) is 44.8 Å². The fraction of sp³-hybridized carbons (Fsp3) is 0.833. The van der Waals surface area contributed by atoms with Gasteiger partial charge in [-0.05, 0) is 31.6 Å². The van der Waals surface area contributed by atoms with Gasteiger partial charge in [0.15, 0.2) is 0 Å². The molecule has 0 heteroatoms. The van der Waals surface area contributed by atoms with E-state index in [0.29, 0.717) is 0 Å². The molecule has 0 nitrogen and oxygen atoms in total. The van der Waals surface area contributed by atoms with Crippen LogP contribution in [0, 0.1) is 5.92 Å². The first kappa shape index (κ1) is 9.83. The lowest BCUT2D eigenvalue weighted by molar-refractivity contribution is 0.406. The third-order valence-electron chi connectivity index (χ3n) is 2.96. The van der Waals surface area contributed by atoms with Gasteiger partial charge in [0.1, 0.15) is 0 Å². The van der Waals surface area contributed by atoms with E-state index >= 15 is 0 Å². The van der Waals surface area contributed by atoms with Gasteiger partial charge < -0.3 is 0 Å². The summed E-state index contributed by atoms with van der Waals surface area (Å²) >= 11 is 0. The highest BCUT2D eigenvalue weighted by Crippen LogP contribution is 2.21. The number of hydrogen-bond donors (Lipinski definition) is 0. The van der Waals surface area contributed by atoms with Crippen molar-refractivity contribution in [2.75, 3.05) is 0 Å². The van der Waals surface area contributed by atoms with E-state index in [9.17, 15) is 0 Å². The predicted molar refractivity (Wildman–Crippen MR) is 55.2 cm³/mol. The summed E-state index contributed by atoms with van der Waals surface area (Å²) < 4.78 is 0. The Morgan fingerprint density at radius 2 is 1.67 bits per heavy atom. The van der Waals surface area contributed by atoms with E-state index in [-0.39, 0.29) is 0 Å². The molecule has 0 radical (unpaired) electrons. The first-order valence-electron chi connectivity index (χ1n) is 5.58. The molecule has 0 aliphatic heterocycles. The quantitative estimate of drug-likeness (QED) is 0.509. The molecule has 0 aromatic rings. The maximum absolute atomic E-state index is 2.37. The zero-order valence-corrected chi connectivity index (χ0v) is 8.39. The van der Waals surface area contributed by atoms with E-state index in [2.05, 4.69) is 19.1 Å².